The van der Waals surface area contributed by atoms with Gasteiger partial charge in [-0.25, -0.2) is 0 Å². The molecular weight excluding hydrogens is 312 g/mol. The summed E-state index contributed by atoms with van der Waals surface area (Å²) in [6, 6.07) is 8.46. The van der Waals surface area contributed by atoms with E-state index in [1.54, 1.807) is 6.92 Å². The molecule has 2 heterocycles. The van der Waals surface area contributed by atoms with E-state index < -0.39 is 11.0 Å². The number of furan rings is 1. The van der Waals surface area contributed by atoms with Crippen LogP contribution in [0.5, 0.6) is 0 Å². The molecule has 0 spiro atoms. The molecule has 8 heteroatoms. The second kappa shape index (κ2) is 6.15. The molecule has 3 rings (SSSR count). The number of nitro groups is 1. The molecule has 0 aliphatic carbocycles. The highest BCUT2D eigenvalue weighted by atomic mass is 16.6. The second-order valence-corrected chi connectivity index (χ2v) is 5.53. The van der Waals surface area contributed by atoms with Crippen molar-refractivity contribution in [2.45, 2.75) is 25.9 Å². The van der Waals surface area contributed by atoms with Crippen LogP contribution in [-0.4, -0.2) is 20.6 Å². The largest absolute Gasteiger partial charge is 0.459 e. The number of carbonyl (C=O) groups is 1. The average Bonchev–Trinajstić information content (AvgIpc) is 3.20. The molecule has 0 radical (unpaired) electrons. The SMILES string of the molecule is C[C@H](NC(=O)[C@@H](C)n1cc([N+](=O)[O-])cn1)c1cc2ccccc2o1. The summed E-state index contributed by atoms with van der Waals surface area (Å²) < 4.78 is 6.99. The number of hydrogen-bond acceptors (Lipinski definition) is 5. The van der Waals surface area contributed by atoms with Crippen molar-refractivity contribution in [3.05, 3.63) is 58.6 Å². The van der Waals surface area contributed by atoms with Gasteiger partial charge >= 0.3 is 5.69 Å². The van der Waals surface area contributed by atoms with Crippen molar-refractivity contribution in [3.8, 4) is 0 Å². The van der Waals surface area contributed by atoms with Crippen molar-refractivity contribution in [1.82, 2.24) is 15.1 Å². The summed E-state index contributed by atoms with van der Waals surface area (Å²) in [5, 5.41) is 18.4. The van der Waals surface area contributed by atoms with Gasteiger partial charge in [-0.3, -0.25) is 19.6 Å². The normalized spacial score (nSPS) is 13.6. The molecule has 1 aromatic carbocycles. The zero-order chi connectivity index (χ0) is 17.3. The Morgan fingerprint density at radius 2 is 2.12 bits per heavy atom. The first kappa shape index (κ1) is 15.7. The molecule has 3 aromatic rings. The van der Waals surface area contributed by atoms with E-state index in [4.69, 9.17) is 4.42 Å². The first-order valence-electron chi connectivity index (χ1n) is 7.43. The van der Waals surface area contributed by atoms with Crippen molar-refractivity contribution in [3.63, 3.8) is 0 Å². The molecule has 0 bridgehead atoms. The Labute approximate surface area is 137 Å². The second-order valence-electron chi connectivity index (χ2n) is 5.53. The van der Waals surface area contributed by atoms with E-state index in [9.17, 15) is 14.9 Å². The van der Waals surface area contributed by atoms with Crippen LogP contribution in [0.1, 0.15) is 31.7 Å². The number of nitrogens with zero attached hydrogens (tertiary/aromatic N) is 3. The summed E-state index contributed by atoms with van der Waals surface area (Å²) in [6.45, 7) is 3.44. The van der Waals surface area contributed by atoms with Crippen LogP contribution >= 0.6 is 0 Å². The molecule has 24 heavy (non-hydrogen) atoms. The van der Waals surface area contributed by atoms with Crippen LogP contribution in [0.25, 0.3) is 11.0 Å². The highest BCUT2D eigenvalue weighted by molar-refractivity contribution is 5.81. The van der Waals surface area contributed by atoms with Crippen LogP contribution < -0.4 is 5.32 Å². The standard InChI is InChI=1S/C16H16N4O4/c1-10(15-7-12-5-3-4-6-14(12)24-15)18-16(21)11(2)19-9-13(8-17-19)20(22)23/h3-11H,1-2H3,(H,18,21)/t10-,11+/m0/s1. The molecule has 124 valence electrons. The molecule has 0 saturated heterocycles. The molecule has 0 aliphatic rings. The number of benzene rings is 1. The van der Waals surface area contributed by atoms with Crippen molar-refractivity contribution < 1.29 is 14.1 Å². The predicted octanol–water partition coefficient (Wildman–Crippen LogP) is 2.98. The number of fused-ring (bicyclic) bond motifs is 1. The smallest absolute Gasteiger partial charge is 0.307 e. The molecule has 2 atom stereocenters. The zero-order valence-corrected chi connectivity index (χ0v) is 13.2. The molecule has 0 aliphatic heterocycles. The topological polar surface area (TPSA) is 103 Å². The maximum Gasteiger partial charge on any atom is 0.307 e. The van der Waals surface area contributed by atoms with Gasteiger partial charge in [-0.05, 0) is 26.0 Å². The minimum absolute atomic E-state index is 0.153. The molecule has 0 saturated carbocycles. The van der Waals surface area contributed by atoms with Gasteiger partial charge in [0, 0.05) is 5.39 Å². The van der Waals surface area contributed by atoms with Gasteiger partial charge in [-0.2, -0.15) is 5.10 Å². The summed E-state index contributed by atoms with van der Waals surface area (Å²) in [4.78, 5) is 22.5. The lowest BCUT2D eigenvalue weighted by Crippen LogP contribution is -2.33. The third kappa shape index (κ3) is 2.98. The van der Waals surface area contributed by atoms with Gasteiger partial charge in [0.15, 0.2) is 0 Å². The summed E-state index contributed by atoms with van der Waals surface area (Å²) in [7, 11) is 0. The first-order valence-corrected chi connectivity index (χ1v) is 7.43. The van der Waals surface area contributed by atoms with Gasteiger partial charge in [-0.1, -0.05) is 18.2 Å². The highest BCUT2D eigenvalue weighted by Gasteiger charge is 2.22. The summed E-state index contributed by atoms with van der Waals surface area (Å²) in [5.74, 6) is 0.337. The zero-order valence-electron chi connectivity index (χ0n) is 13.2. The Morgan fingerprint density at radius 3 is 2.79 bits per heavy atom. The van der Waals surface area contributed by atoms with Crippen LogP contribution in [0, 0.1) is 10.1 Å². The van der Waals surface area contributed by atoms with Crippen LogP contribution in [0.15, 0.2) is 47.1 Å². The fraction of sp³-hybridized carbons (Fsp3) is 0.250. The highest BCUT2D eigenvalue weighted by Crippen LogP contribution is 2.24. The number of hydrogen-bond donors (Lipinski definition) is 1. The van der Waals surface area contributed by atoms with Crippen LogP contribution in [0.3, 0.4) is 0 Å². The monoisotopic (exact) mass is 328 g/mol. The van der Waals surface area contributed by atoms with Gasteiger partial charge < -0.3 is 9.73 Å². The maximum absolute atomic E-state index is 12.3. The van der Waals surface area contributed by atoms with Crippen molar-refractivity contribution in [2.24, 2.45) is 0 Å². The fourth-order valence-electron chi connectivity index (χ4n) is 2.38. The minimum Gasteiger partial charge on any atom is -0.459 e. The Bertz CT molecular complexity index is 865. The van der Waals surface area contributed by atoms with E-state index in [2.05, 4.69) is 10.4 Å². The van der Waals surface area contributed by atoms with Gasteiger partial charge in [0.05, 0.1) is 11.0 Å². The van der Waals surface area contributed by atoms with Gasteiger partial charge in [-0.15, -0.1) is 0 Å². The average molecular weight is 328 g/mol. The summed E-state index contributed by atoms with van der Waals surface area (Å²) in [5.41, 5.74) is 0.601. The van der Waals surface area contributed by atoms with Crippen molar-refractivity contribution in [2.75, 3.05) is 0 Å². The fourth-order valence-corrected chi connectivity index (χ4v) is 2.38. The van der Waals surface area contributed by atoms with Crippen molar-refractivity contribution in [1.29, 1.82) is 0 Å². The number of nitrogens with one attached hydrogen (secondary N) is 1. The van der Waals surface area contributed by atoms with Gasteiger partial charge in [0.2, 0.25) is 5.91 Å². The lowest BCUT2D eigenvalue weighted by molar-refractivity contribution is -0.385. The van der Waals surface area contributed by atoms with Crippen molar-refractivity contribution >= 4 is 22.6 Å². The van der Waals surface area contributed by atoms with Crippen LogP contribution in [0.2, 0.25) is 0 Å². The number of amides is 1. The quantitative estimate of drug-likeness (QED) is 0.573. The Morgan fingerprint density at radius 1 is 1.38 bits per heavy atom. The van der Waals surface area contributed by atoms with Crippen LogP contribution in [-0.2, 0) is 4.79 Å². The maximum atomic E-state index is 12.3. The third-order valence-corrected chi connectivity index (χ3v) is 3.81. The molecule has 0 fully saturated rings. The molecule has 1 N–H and O–H groups in total. The molecule has 0 unspecified atom stereocenters. The lowest BCUT2D eigenvalue weighted by atomic mass is 10.2. The number of aromatic nitrogens is 2. The van der Waals surface area contributed by atoms with E-state index in [-0.39, 0.29) is 17.6 Å². The van der Waals surface area contributed by atoms with E-state index in [1.807, 2.05) is 37.3 Å². The summed E-state index contributed by atoms with van der Waals surface area (Å²) >= 11 is 0. The number of carbonyl (C=O) groups excluding carboxylic acids is 1. The Kier molecular flexibility index (Phi) is 4.03. The minimum atomic E-state index is -0.675. The molecule has 8 nitrogen and oxygen atoms in total. The number of rotatable bonds is 5. The Balaban J connectivity index is 1.71. The third-order valence-electron chi connectivity index (χ3n) is 3.81. The van der Waals surface area contributed by atoms with Crippen LogP contribution in [0.4, 0.5) is 5.69 Å². The van der Waals surface area contributed by atoms with E-state index in [0.29, 0.717) is 5.76 Å². The van der Waals surface area contributed by atoms with E-state index in [1.165, 1.54) is 10.9 Å². The Hall–Kier alpha value is -3.16. The number of para-hydroxylation sites is 1. The molecule has 2 aromatic heterocycles. The van der Waals surface area contributed by atoms with Gasteiger partial charge in [0.25, 0.3) is 0 Å². The van der Waals surface area contributed by atoms with Gasteiger partial charge in [0.1, 0.15) is 29.8 Å². The lowest BCUT2D eigenvalue weighted by Gasteiger charge is -2.16. The molecular formula is C16H16N4O4. The predicted molar refractivity (Wildman–Crippen MR) is 86.4 cm³/mol. The first-order chi connectivity index (χ1) is 11.5. The van der Waals surface area contributed by atoms with E-state index >= 15 is 0 Å². The van der Waals surface area contributed by atoms with E-state index in [0.717, 1.165) is 17.2 Å². The summed E-state index contributed by atoms with van der Waals surface area (Å²) in [6.07, 6.45) is 2.35. The molecule has 1 amide bonds.